The van der Waals surface area contributed by atoms with Gasteiger partial charge in [0, 0.05) is 19.6 Å². The summed E-state index contributed by atoms with van der Waals surface area (Å²) < 4.78 is 0. The molecular weight excluding hydrogens is 242 g/mol. The molecule has 2 bridgehead atoms. The van der Waals surface area contributed by atoms with Crippen molar-refractivity contribution >= 4 is 11.9 Å². The molecule has 0 unspecified atom stereocenters. The van der Waals surface area contributed by atoms with Crippen LogP contribution in [0.3, 0.4) is 0 Å². The second kappa shape index (κ2) is 5.39. The molecule has 3 fully saturated rings. The van der Waals surface area contributed by atoms with Crippen LogP contribution in [0.1, 0.15) is 32.1 Å². The monoisotopic (exact) mass is 265 g/mol. The topological polar surface area (TPSA) is 61.4 Å². The third-order valence-corrected chi connectivity index (χ3v) is 5.00. The molecule has 2 aliphatic carbocycles. The van der Waals surface area contributed by atoms with Crippen LogP contribution in [-0.4, -0.2) is 43.0 Å². The number of fused-ring (bicyclic) bond motifs is 2. The van der Waals surface area contributed by atoms with Gasteiger partial charge in [-0.2, -0.15) is 0 Å². The Morgan fingerprint density at radius 3 is 2.95 bits per heavy atom. The molecule has 5 heteroatoms. The Balaban J connectivity index is 1.37. The predicted molar refractivity (Wildman–Crippen MR) is 71.5 cm³/mol. The zero-order valence-electron chi connectivity index (χ0n) is 11.4. The van der Waals surface area contributed by atoms with Crippen LogP contribution in [0.25, 0.3) is 0 Å². The number of nitrogens with zero attached hydrogens (tertiary/aromatic N) is 1. The van der Waals surface area contributed by atoms with Crippen LogP contribution < -0.4 is 10.6 Å². The first kappa shape index (κ1) is 12.8. The lowest BCUT2D eigenvalue weighted by molar-refractivity contribution is -0.123. The molecule has 2 saturated carbocycles. The summed E-state index contributed by atoms with van der Waals surface area (Å²) in [4.78, 5) is 24.7. The van der Waals surface area contributed by atoms with Gasteiger partial charge in [-0.3, -0.25) is 4.79 Å². The Morgan fingerprint density at radius 1 is 1.37 bits per heavy atom. The lowest BCUT2D eigenvalue weighted by Gasteiger charge is -2.27. The van der Waals surface area contributed by atoms with E-state index in [9.17, 15) is 9.59 Å². The molecular formula is C14H23N3O2. The summed E-state index contributed by atoms with van der Waals surface area (Å²) in [6.07, 6.45) is 6.72. The fourth-order valence-electron chi connectivity index (χ4n) is 4.02. The Hall–Kier alpha value is -1.26. The summed E-state index contributed by atoms with van der Waals surface area (Å²) in [5.41, 5.74) is 0. The van der Waals surface area contributed by atoms with Crippen LogP contribution in [0.4, 0.5) is 4.79 Å². The first-order chi connectivity index (χ1) is 9.22. The normalized spacial score (nSPS) is 33.4. The summed E-state index contributed by atoms with van der Waals surface area (Å²) in [7, 11) is 0. The fourth-order valence-corrected chi connectivity index (χ4v) is 4.02. The molecule has 3 rings (SSSR count). The van der Waals surface area contributed by atoms with Gasteiger partial charge in [0.15, 0.2) is 0 Å². The Labute approximate surface area is 114 Å². The highest BCUT2D eigenvalue weighted by Gasteiger charge is 2.38. The van der Waals surface area contributed by atoms with Crippen molar-refractivity contribution in [2.45, 2.75) is 32.1 Å². The van der Waals surface area contributed by atoms with Gasteiger partial charge in [-0.1, -0.05) is 6.42 Å². The first-order valence-corrected chi connectivity index (χ1v) is 7.52. The maximum absolute atomic E-state index is 11.9. The van der Waals surface area contributed by atoms with Crippen molar-refractivity contribution in [3.05, 3.63) is 0 Å². The van der Waals surface area contributed by atoms with E-state index >= 15 is 0 Å². The number of rotatable bonds is 3. The van der Waals surface area contributed by atoms with E-state index in [2.05, 4.69) is 10.6 Å². The summed E-state index contributed by atoms with van der Waals surface area (Å²) in [5.74, 6) is 2.65. The molecule has 1 saturated heterocycles. The van der Waals surface area contributed by atoms with Gasteiger partial charge < -0.3 is 15.5 Å². The summed E-state index contributed by atoms with van der Waals surface area (Å²) in [6, 6.07) is -0.0852. The zero-order chi connectivity index (χ0) is 13.2. The minimum Gasteiger partial charge on any atom is -0.353 e. The smallest absolute Gasteiger partial charge is 0.317 e. The zero-order valence-corrected chi connectivity index (χ0v) is 11.4. The van der Waals surface area contributed by atoms with Gasteiger partial charge in [0.2, 0.25) is 5.91 Å². The van der Waals surface area contributed by atoms with E-state index in [1.54, 1.807) is 4.90 Å². The van der Waals surface area contributed by atoms with Gasteiger partial charge in [0.1, 0.15) is 6.54 Å². The number of nitrogens with one attached hydrogen (secondary N) is 2. The van der Waals surface area contributed by atoms with Crippen LogP contribution in [0.2, 0.25) is 0 Å². The highest BCUT2D eigenvalue weighted by atomic mass is 16.2. The van der Waals surface area contributed by atoms with E-state index in [1.165, 1.54) is 25.7 Å². The average molecular weight is 265 g/mol. The van der Waals surface area contributed by atoms with Gasteiger partial charge in [0.05, 0.1) is 0 Å². The summed E-state index contributed by atoms with van der Waals surface area (Å²) >= 11 is 0. The highest BCUT2D eigenvalue weighted by Crippen LogP contribution is 2.49. The standard InChI is InChI=1S/C14H23N3O2/c18-13-9-17(6-5-15-13)14(19)16-4-3-12-8-10-1-2-11(12)7-10/h10-12H,1-9H2,(H,15,18)(H,16,19)/t10-,11-,12+/m0/s1. The van der Waals surface area contributed by atoms with Crippen molar-refractivity contribution in [2.75, 3.05) is 26.2 Å². The van der Waals surface area contributed by atoms with Crippen LogP contribution in [0.15, 0.2) is 0 Å². The molecule has 0 radical (unpaired) electrons. The maximum Gasteiger partial charge on any atom is 0.317 e. The maximum atomic E-state index is 11.9. The van der Waals surface area contributed by atoms with Crippen molar-refractivity contribution < 1.29 is 9.59 Å². The van der Waals surface area contributed by atoms with Crippen molar-refractivity contribution in [1.82, 2.24) is 15.5 Å². The second-order valence-electron chi connectivity index (χ2n) is 6.23. The number of hydrogen-bond acceptors (Lipinski definition) is 2. The molecule has 0 aromatic carbocycles. The minimum atomic E-state index is -0.0852. The SMILES string of the molecule is O=C1CN(C(=O)NCC[C@@H]2C[C@H]3CC[C@H]2C3)CCN1. The highest BCUT2D eigenvalue weighted by molar-refractivity contribution is 5.85. The Kier molecular flexibility index (Phi) is 3.62. The van der Waals surface area contributed by atoms with Crippen molar-refractivity contribution in [1.29, 1.82) is 0 Å². The van der Waals surface area contributed by atoms with E-state index in [0.717, 1.165) is 30.7 Å². The van der Waals surface area contributed by atoms with Crippen molar-refractivity contribution in [3.8, 4) is 0 Å². The molecule has 3 amide bonds. The molecule has 2 N–H and O–H groups in total. The Bertz CT molecular complexity index is 372. The molecule has 0 aromatic rings. The number of piperazine rings is 1. The van der Waals surface area contributed by atoms with E-state index in [1.807, 2.05) is 0 Å². The molecule has 3 atom stereocenters. The first-order valence-electron chi connectivity index (χ1n) is 7.52. The van der Waals surface area contributed by atoms with Gasteiger partial charge in [0.25, 0.3) is 0 Å². The van der Waals surface area contributed by atoms with Crippen molar-refractivity contribution in [3.63, 3.8) is 0 Å². The van der Waals surface area contributed by atoms with E-state index in [0.29, 0.717) is 13.1 Å². The fraction of sp³-hybridized carbons (Fsp3) is 0.857. The Morgan fingerprint density at radius 2 is 2.26 bits per heavy atom. The molecule has 5 nitrogen and oxygen atoms in total. The number of amides is 3. The molecule has 106 valence electrons. The van der Waals surface area contributed by atoms with Gasteiger partial charge >= 0.3 is 6.03 Å². The quantitative estimate of drug-likeness (QED) is 0.798. The van der Waals surface area contributed by atoms with Gasteiger partial charge in [-0.05, 0) is 43.4 Å². The van der Waals surface area contributed by atoms with Crippen LogP contribution in [0, 0.1) is 17.8 Å². The predicted octanol–water partition coefficient (Wildman–Crippen LogP) is 0.954. The third kappa shape index (κ3) is 2.85. The van der Waals surface area contributed by atoms with E-state index in [-0.39, 0.29) is 18.5 Å². The number of carbonyl (C=O) groups excluding carboxylic acids is 2. The summed E-state index contributed by atoms with van der Waals surface area (Å²) in [6.45, 7) is 2.13. The van der Waals surface area contributed by atoms with Gasteiger partial charge in [-0.25, -0.2) is 4.79 Å². The number of urea groups is 1. The van der Waals surface area contributed by atoms with Crippen LogP contribution in [-0.2, 0) is 4.79 Å². The van der Waals surface area contributed by atoms with Crippen LogP contribution in [0.5, 0.6) is 0 Å². The van der Waals surface area contributed by atoms with Crippen LogP contribution >= 0.6 is 0 Å². The number of carbonyl (C=O) groups is 2. The van der Waals surface area contributed by atoms with E-state index in [4.69, 9.17) is 0 Å². The van der Waals surface area contributed by atoms with Crippen molar-refractivity contribution in [2.24, 2.45) is 17.8 Å². The van der Waals surface area contributed by atoms with E-state index < -0.39 is 0 Å². The average Bonchev–Trinajstić information content (AvgIpc) is 3.01. The molecule has 1 aliphatic heterocycles. The lowest BCUT2D eigenvalue weighted by Crippen LogP contribution is -2.53. The lowest BCUT2D eigenvalue weighted by atomic mass is 9.86. The molecule has 3 aliphatic rings. The molecule has 0 spiro atoms. The molecule has 0 aromatic heterocycles. The third-order valence-electron chi connectivity index (χ3n) is 5.00. The minimum absolute atomic E-state index is 0.0606. The molecule has 19 heavy (non-hydrogen) atoms. The van der Waals surface area contributed by atoms with Gasteiger partial charge in [-0.15, -0.1) is 0 Å². The molecule has 1 heterocycles. The second-order valence-corrected chi connectivity index (χ2v) is 6.23. The summed E-state index contributed by atoms with van der Waals surface area (Å²) in [5, 5.41) is 5.69. The largest absolute Gasteiger partial charge is 0.353 e. The number of hydrogen-bond donors (Lipinski definition) is 2.